The van der Waals surface area contributed by atoms with Crippen LogP contribution in [0, 0.1) is 0 Å². The molecule has 1 aromatic carbocycles. The summed E-state index contributed by atoms with van der Waals surface area (Å²) >= 11 is 0. The highest BCUT2D eigenvalue weighted by Crippen LogP contribution is 2.35. The van der Waals surface area contributed by atoms with Crippen LogP contribution in [0.5, 0.6) is 11.5 Å². The summed E-state index contributed by atoms with van der Waals surface area (Å²) in [6.07, 6.45) is 3.72. The minimum Gasteiger partial charge on any atom is -0.486 e. The molecule has 138 valence electrons. The third kappa shape index (κ3) is 3.34. The second kappa shape index (κ2) is 7.27. The summed E-state index contributed by atoms with van der Waals surface area (Å²) in [5, 5.41) is 7.14. The van der Waals surface area contributed by atoms with Gasteiger partial charge in [0, 0.05) is 30.8 Å². The lowest BCUT2D eigenvalue weighted by Gasteiger charge is -2.24. The Morgan fingerprint density at radius 2 is 2.12 bits per heavy atom. The van der Waals surface area contributed by atoms with E-state index in [0.29, 0.717) is 36.9 Å². The molecule has 0 saturated carbocycles. The molecular formula is C19H23N3O4. The van der Waals surface area contributed by atoms with Crippen molar-refractivity contribution in [3.63, 3.8) is 0 Å². The van der Waals surface area contributed by atoms with Gasteiger partial charge < -0.3 is 24.2 Å². The summed E-state index contributed by atoms with van der Waals surface area (Å²) in [7, 11) is 0. The monoisotopic (exact) mass is 357 g/mol. The van der Waals surface area contributed by atoms with Crippen LogP contribution in [0.4, 0.5) is 10.5 Å². The number of nitrogens with one attached hydrogen (secondary N) is 1. The number of urea groups is 1. The highest BCUT2D eigenvalue weighted by atomic mass is 16.6. The molecule has 1 saturated heterocycles. The number of aromatic nitrogens is 1. The molecule has 1 fully saturated rings. The number of rotatable bonds is 4. The van der Waals surface area contributed by atoms with E-state index in [4.69, 9.17) is 14.0 Å². The third-order valence-electron chi connectivity index (χ3n) is 4.72. The smallest absolute Gasteiger partial charge is 0.322 e. The molecule has 0 aliphatic carbocycles. The minimum absolute atomic E-state index is 0.0402. The Bertz CT molecular complexity index is 789. The average Bonchev–Trinajstić information content (AvgIpc) is 3.31. The number of anilines is 1. The molecule has 7 nitrogen and oxygen atoms in total. The predicted octanol–water partition coefficient (Wildman–Crippen LogP) is 3.77. The lowest BCUT2D eigenvalue weighted by molar-refractivity contribution is 0.171. The lowest BCUT2D eigenvalue weighted by atomic mass is 10.1. The highest BCUT2D eigenvalue weighted by Gasteiger charge is 2.32. The number of amides is 2. The largest absolute Gasteiger partial charge is 0.486 e. The fraction of sp³-hybridized carbons (Fsp3) is 0.474. The normalized spacial score (nSPS) is 18.8. The fourth-order valence-corrected chi connectivity index (χ4v) is 3.48. The number of fused-ring (bicyclic) bond motifs is 1. The first kappa shape index (κ1) is 16.8. The minimum atomic E-state index is -0.135. The summed E-state index contributed by atoms with van der Waals surface area (Å²) in [6, 6.07) is 7.24. The van der Waals surface area contributed by atoms with Gasteiger partial charge in [0.25, 0.3) is 0 Å². The zero-order valence-corrected chi connectivity index (χ0v) is 14.9. The summed E-state index contributed by atoms with van der Waals surface area (Å²) in [6.45, 7) is 3.87. The van der Waals surface area contributed by atoms with Gasteiger partial charge in [0.15, 0.2) is 11.5 Å². The summed E-state index contributed by atoms with van der Waals surface area (Å²) in [4.78, 5) is 14.6. The van der Waals surface area contributed by atoms with Gasteiger partial charge >= 0.3 is 6.03 Å². The van der Waals surface area contributed by atoms with Crippen LogP contribution in [0.25, 0.3) is 0 Å². The van der Waals surface area contributed by atoms with Crippen LogP contribution in [-0.2, 0) is 6.42 Å². The Morgan fingerprint density at radius 3 is 2.96 bits per heavy atom. The molecule has 2 aromatic rings. The van der Waals surface area contributed by atoms with E-state index in [9.17, 15) is 4.79 Å². The van der Waals surface area contributed by atoms with Crippen molar-refractivity contribution in [1.29, 1.82) is 0 Å². The third-order valence-corrected chi connectivity index (χ3v) is 4.72. The maximum atomic E-state index is 12.8. The number of carbonyl (C=O) groups excluding carboxylic acids is 1. The van der Waals surface area contributed by atoms with E-state index in [1.807, 2.05) is 23.1 Å². The van der Waals surface area contributed by atoms with Crippen molar-refractivity contribution in [2.45, 2.75) is 38.6 Å². The van der Waals surface area contributed by atoms with Crippen LogP contribution < -0.4 is 14.8 Å². The molecule has 26 heavy (non-hydrogen) atoms. The number of aryl methyl sites for hydroxylation is 1. The van der Waals surface area contributed by atoms with Crippen LogP contribution in [-0.4, -0.2) is 35.8 Å². The number of carbonyl (C=O) groups is 1. The Morgan fingerprint density at radius 1 is 1.27 bits per heavy atom. The molecule has 7 heteroatoms. The van der Waals surface area contributed by atoms with Gasteiger partial charge in [-0.05, 0) is 31.4 Å². The van der Waals surface area contributed by atoms with Crippen molar-refractivity contribution in [2.24, 2.45) is 0 Å². The average molecular weight is 357 g/mol. The number of likely N-dealkylation sites (tertiary alicyclic amines) is 1. The Labute approximate surface area is 152 Å². The van der Waals surface area contributed by atoms with Crippen LogP contribution >= 0.6 is 0 Å². The second-order valence-corrected chi connectivity index (χ2v) is 6.61. The van der Waals surface area contributed by atoms with Crippen molar-refractivity contribution < 1.29 is 18.8 Å². The van der Waals surface area contributed by atoms with Gasteiger partial charge in [-0.25, -0.2) is 4.79 Å². The van der Waals surface area contributed by atoms with Crippen molar-refractivity contribution in [1.82, 2.24) is 10.1 Å². The molecule has 2 aliphatic heterocycles. The van der Waals surface area contributed by atoms with Crippen molar-refractivity contribution in [3.05, 3.63) is 35.7 Å². The van der Waals surface area contributed by atoms with E-state index in [1.165, 1.54) is 0 Å². The molecule has 2 aliphatic rings. The molecule has 1 atom stereocenters. The topological polar surface area (TPSA) is 76.8 Å². The highest BCUT2D eigenvalue weighted by molar-refractivity contribution is 5.90. The van der Waals surface area contributed by atoms with Crippen molar-refractivity contribution in [2.75, 3.05) is 25.1 Å². The zero-order chi connectivity index (χ0) is 17.9. The number of ether oxygens (including phenoxy) is 2. The van der Waals surface area contributed by atoms with Crippen molar-refractivity contribution >= 4 is 11.7 Å². The summed E-state index contributed by atoms with van der Waals surface area (Å²) in [5.74, 6) is 2.24. The summed E-state index contributed by atoms with van der Waals surface area (Å²) < 4.78 is 16.5. The number of benzene rings is 1. The van der Waals surface area contributed by atoms with Crippen molar-refractivity contribution in [3.8, 4) is 11.5 Å². The second-order valence-electron chi connectivity index (χ2n) is 6.61. The van der Waals surface area contributed by atoms with Gasteiger partial charge in [0.05, 0.1) is 6.04 Å². The Balaban J connectivity index is 1.46. The van der Waals surface area contributed by atoms with Gasteiger partial charge in [0.2, 0.25) is 0 Å². The van der Waals surface area contributed by atoms with E-state index in [1.54, 1.807) is 6.07 Å². The lowest BCUT2D eigenvalue weighted by Crippen LogP contribution is -2.34. The van der Waals surface area contributed by atoms with E-state index in [2.05, 4.69) is 17.4 Å². The van der Waals surface area contributed by atoms with Gasteiger partial charge in [-0.1, -0.05) is 12.1 Å². The molecule has 2 amide bonds. The van der Waals surface area contributed by atoms with E-state index in [-0.39, 0.29) is 12.1 Å². The Hall–Kier alpha value is -2.70. The molecule has 1 N–H and O–H groups in total. The number of hydrogen-bond donors (Lipinski definition) is 1. The predicted molar refractivity (Wildman–Crippen MR) is 95.6 cm³/mol. The SMILES string of the molecule is CCCc1cc([C@@H]2CCCN2C(=O)Nc2ccc3c(c2)OCCO3)no1. The number of nitrogens with zero attached hydrogens (tertiary/aromatic N) is 2. The van der Waals surface area contributed by atoms with Crippen LogP contribution in [0.2, 0.25) is 0 Å². The first-order valence-corrected chi connectivity index (χ1v) is 9.17. The van der Waals surface area contributed by atoms with Gasteiger partial charge in [0.1, 0.15) is 24.7 Å². The molecule has 0 radical (unpaired) electrons. The molecule has 0 unspecified atom stereocenters. The maximum Gasteiger partial charge on any atom is 0.322 e. The maximum absolute atomic E-state index is 12.8. The van der Waals surface area contributed by atoms with E-state index < -0.39 is 0 Å². The van der Waals surface area contributed by atoms with E-state index in [0.717, 1.165) is 37.1 Å². The standard InChI is InChI=1S/C19H23N3O4/c1-2-4-14-12-15(21-26-14)16-5-3-8-22(16)19(23)20-13-6-7-17-18(11-13)25-10-9-24-17/h6-7,11-12,16H,2-5,8-10H2,1H3,(H,20,23)/t16-/m0/s1. The fourth-order valence-electron chi connectivity index (χ4n) is 3.48. The molecular weight excluding hydrogens is 334 g/mol. The first-order chi connectivity index (χ1) is 12.7. The molecule has 0 spiro atoms. The van der Waals surface area contributed by atoms with Gasteiger partial charge in [-0.15, -0.1) is 0 Å². The van der Waals surface area contributed by atoms with Gasteiger partial charge in [-0.2, -0.15) is 0 Å². The molecule has 1 aromatic heterocycles. The summed E-state index contributed by atoms with van der Waals surface area (Å²) in [5.41, 5.74) is 1.53. The molecule has 4 rings (SSSR count). The van der Waals surface area contributed by atoms with Crippen LogP contribution in [0.15, 0.2) is 28.8 Å². The zero-order valence-electron chi connectivity index (χ0n) is 14.9. The van der Waals surface area contributed by atoms with Crippen LogP contribution in [0.3, 0.4) is 0 Å². The quantitative estimate of drug-likeness (QED) is 0.901. The Kier molecular flexibility index (Phi) is 4.69. The van der Waals surface area contributed by atoms with Crippen LogP contribution in [0.1, 0.15) is 43.7 Å². The van der Waals surface area contributed by atoms with Gasteiger partial charge in [-0.3, -0.25) is 0 Å². The molecule has 3 heterocycles. The first-order valence-electron chi connectivity index (χ1n) is 9.17. The number of hydrogen-bond acceptors (Lipinski definition) is 5. The molecule has 0 bridgehead atoms. The van der Waals surface area contributed by atoms with E-state index >= 15 is 0 Å².